The minimum atomic E-state index is -0.783. The van der Waals surface area contributed by atoms with Crippen LogP contribution in [0.1, 0.15) is 56.7 Å². The smallest absolute Gasteiger partial charge is 0.303 e. The van der Waals surface area contributed by atoms with Gasteiger partial charge in [0.25, 0.3) is 0 Å². The predicted octanol–water partition coefficient (Wildman–Crippen LogP) is 8.02. The zero-order chi connectivity index (χ0) is 25.6. The molecular weight excluding hydrogens is 436 g/mol. The van der Waals surface area contributed by atoms with E-state index in [1.54, 1.807) is 0 Å². The Morgan fingerprint density at radius 1 is 0.914 bits per heavy atom. The van der Waals surface area contributed by atoms with Crippen LogP contribution in [0.4, 0.5) is 0 Å². The van der Waals surface area contributed by atoms with E-state index in [1.165, 1.54) is 11.1 Å². The summed E-state index contributed by atoms with van der Waals surface area (Å²) in [5, 5.41) is 8.78. The topological polar surface area (TPSA) is 55.8 Å². The van der Waals surface area contributed by atoms with Crippen molar-refractivity contribution in [3.8, 4) is 22.6 Å². The molecule has 0 aromatic heterocycles. The molecule has 3 aromatic rings. The Balaban J connectivity index is 0.00000100. The van der Waals surface area contributed by atoms with Crippen LogP contribution in [-0.4, -0.2) is 17.7 Å². The molecule has 0 unspecified atom stereocenters. The molecule has 35 heavy (non-hydrogen) atoms. The molecule has 0 saturated carbocycles. The summed E-state index contributed by atoms with van der Waals surface area (Å²) in [6.45, 7) is 13.0. The van der Waals surface area contributed by atoms with Crippen molar-refractivity contribution in [2.45, 2.75) is 60.0 Å². The van der Waals surface area contributed by atoms with Gasteiger partial charge >= 0.3 is 5.97 Å². The molecule has 0 fully saturated rings. The molecule has 0 radical (unpaired) electrons. The Morgan fingerprint density at radius 3 is 2.14 bits per heavy atom. The van der Waals surface area contributed by atoms with Crippen LogP contribution in [-0.2, 0) is 17.8 Å². The van der Waals surface area contributed by atoms with Crippen LogP contribution in [0.25, 0.3) is 11.1 Å². The minimum absolute atomic E-state index is 0.138. The first-order chi connectivity index (χ1) is 16.8. The molecule has 186 valence electrons. The number of hydrogen-bond donors (Lipinski definition) is 1. The lowest BCUT2D eigenvalue weighted by Crippen LogP contribution is -1.99. The molecule has 0 aliphatic rings. The first-order valence-electron chi connectivity index (χ1n) is 12.2. The Hall–Kier alpha value is -3.53. The van der Waals surface area contributed by atoms with Crippen LogP contribution in [0.2, 0.25) is 0 Å². The first kappa shape index (κ1) is 27.7. The van der Waals surface area contributed by atoms with Crippen LogP contribution in [0, 0.1) is 6.92 Å². The van der Waals surface area contributed by atoms with Gasteiger partial charge in [-0.15, -0.1) is 6.58 Å². The molecule has 4 nitrogen and oxygen atoms in total. The minimum Gasteiger partial charge on any atom is -0.493 e. The number of rotatable bonds is 11. The van der Waals surface area contributed by atoms with Gasteiger partial charge in [0.15, 0.2) is 0 Å². The second-order valence-electron chi connectivity index (χ2n) is 8.93. The van der Waals surface area contributed by atoms with E-state index >= 15 is 0 Å². The highest BCUT2D eigenvalue weighted by Gasteiger charge is 2.08. The number of allylic oxidation sites excluding steroid dienone is 1. The molecule has 0 aliphatic heterocycles. The lowest BCUT2D eigenvalue weighted by Gasteiger charge is -2.13. The Morgan fingerprint density at radius 2 is 1.54 bits per heavy atom. The van der Waals surface area contributed by atoms with Crippen LogP contribution in [0.3, 0.4) is 0 Å². The first-order valence-corrected chi connectivity index (χ1v) is 12.2. The molecule has 3 rings (SSSR count). The number of aryl methyl sites for hydroxylation is 2. The summed E-state index contributed by atoms with van der Waals surface area (Å²) in [6.07, 6.45) is 2.82. The fraction of sp³-hybridized carbons (Fsp3) is 0.323. The van der Waals surface area contributed by atoms with Crippen molar-refractivity contribution in [1.82, 2.24) is 0 Å². The summed E-state index contributed by atoms with van der Waals surface area (Å²) in [4.78, 5) is 10.7. The number of aliphatic carboxylic acids is 1. The molecule has 0 spiro atoms. The summed E-state index contributed by atoms with van der Waals surface area (Å²) in [7, 11) is 0. The van der Waals surface area contributed by atoms with Crippen molar-refractivity contribution in [3.05, 3.63) is 95.6 Å². The van der Waals surface area contributed by atoms with E-state index in [-0.39, 0.29) is 6.42 Å². The highest BCUT2D eigenvalue weighted by atomic mass is 16.5. The average Bonchev–Trinajstić information content (AvgIpc) is 2.83. The van der Waals surface area contributed by atoms with Crippen molar-refractivity contribution < 1.29 is 19.4 Å². The van der Waals surface area contributed by atoms with Crippen LogP contribution < -0.4 is 9.47 Å². The van der Waals surface area contributed by atoms with E-state index in [0.717, 1.165) is 53.2 Å². The molecule has 3 aromatic carbocycles. The third-order valence-corrected chi connectivity index (χ3v) is 5.11. The van der Waals surface area contributed by atoms with E-state index in [9.17, 15) is 4.79 Å². The highest BCUT2D eigenvalue weighted by Crippen LogP contribution is 2.31. The maximum absolute atomic E-state index is 10.7. The number of hydrogen-bond acceptors (Lipinski definition) is 3. The number of carboxylic acid groups (broad SMARTS) is 1. The Kier molecular flexibility index (Phi) is 11.6. The molecule has 0 aliphatic carbocycles. The van der Waals surface area contributed by atoms with E-state index in [0.29, 0.717) is 13.0 Å². The molecule has 4 heteroatoms. The van der Waals surface area contributed by atoms with Gasteiger partial charge in [-0.3, -0.25) is 4.79 Å². The van der Waals surface area contributed by atoms with Gasteiger partial charge in [-0.05, 0) is 74.6 Å². The molecule has 0 saturated heterocycles. The molecular formula is C31H38O4. The predicted molar refractivity (Wildman–Crippen MR) is 144 cm³/mol. The number of unbranched alkanes of at least 4 members (excludes halogenated alkanes) is 1. The van der Waals surface area contributed by atoms with Gasteiger partial charge in [0.1, 0.15) is 18.1 Å². The van der Waals surface area contributed by atoms with Crippen molar-refractivity contribution in [2.24, 2.45) is 0 Å². The largest absolute Gasteiger partial charge is 0.493 e. The van der Waals surface area contributed by atoms with Gasteiger partial charge in [-0.1, -0.05) is 66.9 Å². The third kappa shape index (κ3) is 10.5. The summed E-state index contributed by atoms with van der Waals surface area (Å²) in [6, 6.07) is 22.3. The number of ether oxygens (including phenoxy) is 2. The van der Waals surface area contributed by atoms with Crippen molar-refractivity contribution >= 4 is 5.97 Å². The van der Waals surface area contributed by atoms with E-state index in [2.05, 4.69) is 62.9 Å². The zero-order valence-electron chi connectivity index (χ0n) is 21.5. The number of carboxylic acids is 1. The van der Waals surface area contributed by atoms with E-state index in [4.69, 9.17) is 14.6 Å². The van der Waals surface area contributed by atoms with Gasteiger partial charge in [-0.25, -0.2) is 0 Å². The van der Waals surface area contributed by atoms with Crippen molar-refractivity contribution in [2.75, 3.05) is 6.61 Å². The normalized spacial score (nSPS) is 10.2. The second-order valence-corrected chi connectivity index (χ2v) is 8.93. The molecule has 1 N–H and O–H groups in total. The van der Waals surface area contributed by atoms with Crippen molar-refractivity contribution in [1.29, 1.82) is 0 Å². The lowest BCUT2D eigenvalue weighted by atomic mass is 10.0. The number of benzene rings is 3. The molecule has 0 bridgehead atoms. The maximum Gasteiger partial charge on any atom is 0.303 e. The fourth-order valence-corrected chi connectivity index (χ4v) is 3.27. The molecule has 0 heterocycles. The van der Waals surface area contributed by atoms with Gasteiger partial charge in [-0.2, -0.15) is 0 Å². The fourth-order valence-electron chi connectivity index (χ4n) is 3.27. The van der Waals surface area contributed by atoms with Gasteiger partial charge in [0.2, 0.25) is 0 Å². The summed E-state index contributed by atoms with van der Waals surface area (Å²) >= 11 is 0. The lowest BCUT2D eigenvalue weighted by molar-refractivity contribution is -0.136. The standard InChI is InChI=1S/C27H30O4.C4H8/c1-3-4-17-30-26-15-5-20(2)18-25(26)23-11-6-22(7-12-23)19-31-24-13-8-21(9-14-24)10-16-27(28)29;1-4(2)3/h5-9,11-15,18H,3-4,10,16-17,19H2,1-2H3,(H,28,29);1H2,2-3H3. The Bertz CT molecular complexity index is 1060. The van der Waals surface area contributed by atoms with E-state index in [1.807, 2.05) is 38.1 Å². The van der Waals surface area contributed by atoms with Gasteiger partial charge in [0.05, 0.1) is 6.61 Å². The molecule has 0 atom stereocenters. The summed E-state index contributed by atoms with van der Waals surface area (Å²) in [5.41, 5.74) is 6.69. The Labute approximate surface area is 210 Å². The monoisotopic (exact) mass is 474 g/mol. The third-order valence-electron chi connectivity index (χ3n) is 5.11. The van der Waals surface area contributed by atoms with Gasteiger partial charge < -0.3 is 14.6 Å². The number of carbonyl (C=O) groups is 1. The van der Waals surface area contributed by atoms with Crippen LogP contribution >= 0.6 is 0 Å². The highest BCUT2D eigenvalue weighted by molar-refractivity contribution is 5.71. The van der Waals surface area contributed by atoms with E-state index < -0.39 is 5.97 Å². The van der Waals surface area contributed by atoms with Gasteiger partial charge in [0, 0.05) is 12.0 Å². The van der Waals surface area contributed by atoms with Crippen LogP contribution in [0.15, 0.2) is 78.9 Å². The second kappa shape index (κ2) is 14.7. The SMILES string of the molecule is C=C(C)C.CCCCOc1ccc(C)cc1-c1ccc(COc2ccc(CCC(=O)O)cc2)cc1. The average molecular weight is 475 g/mol. The summed E-state index contributed by atoms with van der Waals surface area (Å²) in [5.74, 6) is 0.911. The zero-order valence-corrected chi connectivity index (χ0v) is 21.5. The molecule has 0 amide bonds. The quantitative estimate of drug-likeness (QED) is 0.226. The maximum atomic E-state index is 10.7. The van der Waals surface area contributed by atoms with Crippen LogP contribution in [0.5, 0.6) is 11.5 Å². The summed E-state index contributed by atoms with van der Waals surface area (Å²) < 4.78 is 11.9. The van der Waals surface area contributed by atoms with Crippen molar-refractivity contribution in [3.63, 3.8) is 0 Å².